The largest absolute Gasteiger partial charge is 0.308 e. The van der Waals surface area contributed by atoms with Gasteiger partial charge in [-0.1, -0.05) is 48.6 Å². The maximum absolute atomic E-state index is 7.26. The Balaban J connectivity index is 2.71. The third-order valence-corrected chi connectivity index (χ3v) is 1.94. The van der Waals surface area contributed by atoms with Crippen LogP contribution in [0.15, 0.2) is 54.1 Å². The van der Waals surface area contributed by atoms with Crippen molar-refractivity contribution < 1.29 is 0 Å². The number of allylic oxidation sites excluding steroid dienone is 4. The number of rotatable bonds is 4. The molecule has 1 N–H and O–H groups in total. The molecule has 0 amide bonds. The van der Waals surface area contributed by atoms with Gasteiger partial charge in [-0.2, -0.15) is 0 Å². The predicted molar refractivity (Wildman–Crippen MR) is 61.8 cm³/mol. The van der Waals surface area contributed by atoms with Crippen molar-refractivity contribution in [1.29, 1.82) is 5.41 Å². The van der Waals surface area contributed by atoms with E-state index >= 15 is 0 Å². The minimum absolute atomic E-state index is 0.828. The van der Waals surface area contributed by atoms with Gasteiger partial charge < -0.3 is 5.41 Å². The van der Waals surface area contributed by atoms with Gasteiger partial charge in [-0.3, -0.25) is 0 Å². The van der Waals surface area contributed by atoms with E-state index in [0.29, 0.717) is 0 Å². The Labute approximate surface area is 85.3 Å². The maximum Gasteiger partial charge on any atom is 0.0213 e. The highest BCUT2D eigenvalue weighted by molar-refractivity contribution is 5.76. The third kappa shape index (κ3) is 3.40. The van der Waals surface area contributed by atoms with E-state index in [0.717, 1.165) is 12.0 Å². The minimum Gasteiger partial charge on any atom is -0.308 e. The van der Waals surface area contributed by atoms with Gasteiger partial charge in [-0.25, -0.2) is 0 Å². The number of hydrogen-bond acceptors (Lipinski definition) is 1. The van der Waals surface area contributed by atoms with Crippen LogP contribution in [0.5, 0.6) is 0 Å². The van der Waals surface area contributed by atoms with Gasteiger partial charge in [0.25, 0.3) is 0 Å². The van der Waals surface area contributed by atoms with Gasteiger partial charge in [-0.05, 0) is 24.5 Å². The molecule has 0 aliphatic heterocycles. The lowest BCUT2D eigenvalue weighted by atomic mass is 10.1. The lowest BCUT2D eigenvalue weighted by Gasteiger charge is -1.99. The van der Waals surface area contributed by atoms with Crippen LogP contribution in [0.4, 0.5) is 0 Å². The first kappa shape index (κ1) is 10.5. The molecular formula is C13H15N. The van der Waals surface area contributed by atoms with Crippen molar-refractivity contribution in [3.63, 3.8) is 0 Å². The fourth-order valence-corrected chi connectivity index (χ4v) is 1.21. The van der Waals surface area contributed by atoms with E-state index in [1.807, 2.05) is 43.4 Å². The fraction of sp³-hybridized carbons (Fsp3) is 0.154. The van der Waals surface area contributed by atoms with Crippen molar-refractivity contribution in [2.75, 3.05) is 0 Å². The Bertz CT molecular complexity index is 334. The smallest absolute Gasteiger partial charge is 0.0213 e. The Morgan fingerprint density at radius 3 is 2.57 bits per heavy atom. The van der Waals surface area contributed by atoms with Gasteiger partial charge >= 0.3 is 0 Å². The van der Waals surface area contributed by atoms with E-state index in [-0.39, 0.29) is 0 Å². The quantitative estimate of drug-likeness (QED) is 0.549. The molecule has 0 aliphatic rings. The molecular weight excluding hydrogens is 170 g/mol. The van der Waals surface area contributed by atoms with E-state index in [4.69, 9.17) is 5.41 Å². The summed E-state index contributed by atoms with van der Waals surface area (Å²) in [4.78, 5) is 0. The highest BCUT2D eigenvalue weighted by atomic mass is 14.3. The summed E-state index contributed by atoms with van der Waals surface area (Å²) in [6.45, 7) is 1.97. The number of hydrogen-bond donors (Lipinski definition) is 1. The predicted octanol–water partition coefficient (Wildman–Crippen LogP) is 3.38. The van der Waals surface area contributed by atoms with Crippen LogP contribution < -0.4 is 0 Å². The van der Waals surface area contributed by atoms with Crippen molar-refractivity contribution in [2.24, 2.45) is 0 Å². The number of nitrogens with one attached hydrogen (secondary N) is 1. The van der Waals surface area contributed by atoms with Crippen molar-refractivity contribution in [2.45, 2.75) is 13.3 Å². The van der Waals surface area contributed by atoms with E-state index in [1.54, 1.807) is 0 Å². The average molecular weight is 185 g/mol. The van der Waals surface area contributed by atoms with Crippen LogP contribution in [0.2, 0.25) is 0 Å². The summed E-state index contributed by atoms with van der Waals surface area (Å²) in [6, 6.07) is 10.2. The molecule has 1 heteroatoms. The van der Waals surface area contributed by atoms with Gasteiger partial charge in [0.15, 0.2) is 0 Å². The summed E-state index contributed by atoms with van der Waals surface area (Å²) in [6.07, 6.45) is 8.14. The molecule has 0 radical (unpaired) electrons. The lowest BCUT2D eigenvalue weighted by molar-refractivity contribution is 1.22. The molecule has 0 atom stereocenters. The van der Waals surface area contributed by atoms with Crippen molar-refractivity contribution in [3.8, 4) is 0 Å². The molecule has 1 nitrogen and oxygen atoms in total. The molecule has 0 aliphatic carbocycles. The minimum atomic E-state index is 0.828. The van der Waals surface area contributed by atoms with E-state index in [1.165, 1.54) is 11.8 Å². The first-order valence-corrected chi connectivity index (χ1v) is 4.73. The van der Waals surface area contributed by atoms with Crippen LogP contribution in [0.3, 0.4) is 0 Å². The van der Waals surface area contributed by atoms with Crippen LogP contribution in [-0.2, 0) is 6.42 Å². The van der Waals surface area contributed by atoms with Crippen LogP contribution >= 0.6 is 0 Å². The Morgan fingerprint density at radius 1 is 1.29 bits per heavy atom. The zero-order valence-corrected chi connectivity index (χ0v) is 8.40. The Morgan fingerprint density at radius 2 is 2.00 bits per heavy atom. The SMILES string of the molecule is C/C=C\C=C(/C=N)Cc1ccccc1. The second-order valence-electron chi connectivity index (χ2n) is 3.07. The molecule has 1 aromatic carbocycles. The molecule has 0 unspecified atom stereocenters. The Kier molecular flexibility index (Phi) is 4.42. The zero-order chi connectivity index (χ0) is 10.2. The second kappa shape index (κ2) is 5.92. The molecule has 72 valence electrons. The highest BCUT2D eigenvalue weighted by Crippen LogP contribution is 2.05. The maximum atomic E-state index is 7.26. The number of benzene rings is 1. The summed E-state index contributed by atoms with van der Waals surface area (Å²) >= 11 is 0. The summed E-state index contributed by atoms with van der Waals surface area (Å²) in [5.41, 5.74) is 2.26. The standard InChI is InChI=1S/C13H15N/c1-2-3-7-13(11-14)10-12-8-5-4-6-9-12/h2-9,11,14H,10H2,1H3/b3-2-,13-7-,14-11?. The van der Waals surface area contributed by atoms with E-state index in [9.17, 15) is 0 Å². The molecule has 1 rings (SSSR count). The molecule has 0 fully saturated rings. The van der Waals surface area contributed by atoms with Gasteiger partial charge in [-0.15, -0.1) is 0 Å². The second-order valence-corrected chi connectivity index (χ2v) is 3.07. The van der Waals surface area contributed by atoms with Crippen LogP contribution in [0.25, 0.3) is 0 Å². The van der Waals surface area contributed by atoms with Crippen LogP contribution in [-0.4, -0.2) is 6.21 Å². The fourth-order valence-electron chi connectivity index (χ4n) is 1.21. The van der Waals surface area contributed by atoms with E-state index in [2.05, 4.69) is 12.1 Å². The lowest BCUT2D eigenvalue weighted by Crippen LogP contribution is -1.90. The molecule has 14 heavy (non-hydrogen) atoms. The van der Waals surface area contributed by atoms with Gasteiger partial charge in [0.2, 0.25) is 0 Å². The van der Waals surface area contributed by atoms with Crippen LogP contribution in [0, 0.1) is 5.41 Å². The van der Waals surface area contributed by atoms with Gasteiger partial charge in [0.05, 0.1) is 0 Å². The molecule has 0 spiro atoms. The first-order valence-electron chi connectivity index (χ1n) is 4.73. The van der Waals surface area contributed by atoms with Crippen molar-refractivity contribution >= 4 is 6.21 Å². The normalized spacial score (nSPS) is 11.9. The topological polar surface area (TPSA) is 23.9 Å². The average Bonchev–Trinajstić information content (AvgIpc) is 2.25. The first-order chi connectivity index (χ1) is 6.86. The monoisotopic (exact) mass is 185 g/mol. The van der Waals surface area contributed by atoms with E-state index < -0.39 is 0 Å². The summed E-state index contributed by atoms with van der Waals surface area (Å²) in [7, 11) is 0. The molecule has 0 saturated carbocycles. The van der Waals surface area contributed by atoms with Crippen molar-refractivity contribution in [1.82, 2.24) is 0 Å². The van der Waals surface area contributed by atoms with Gasteiger partial charge in [0.1, 0.15) is 0 Å². The highest BCUT2D eigenvalue weighted by Gasteiger charge is 1.94. The Hall–Kier alpha value is -1.63. The van der Waals surface area contributed by atoms with Crippen LogP contribution in [0.1, 0.15) is 12.5 Å². The summed E-state index contributed by atoms with van der Waals surface area (Å²) in [5, 5.41) is 7.26. The van der Waals surface area contributed by atoms with Crippen molar-refractivity contribution in [3.05, 3.63) is 59.7 Å². The molecule has 0 heterocycles. The summed E-state index contributed by atoms with van der Waals surface area (Å²) in [5.74, 6) is 0. The molecule has 1 aromatic rings. The zero-order valence-electron chi connectivity index (χ0n) is 8.40. The molecule has 0 aromatic heterocycles. The third-order valence-electron chi connectivity index (χ3n) is 1.94. The molecule has 0 bridgehead atoms. The summed E-state index contributed by atoms with van der Waals surface area (Å²) < 4.78 is 0. The molecule has 0 saturated heterocycles. The van der Waals surface area contributed by atoms with Gasteiger partial charge in [0, 0.05) is 6.21 Å².